The second-order valence-electron chi connectivity index (χ2n) is 5.26. The van der Waals surface area contributed by atoms with Crippen LogP contribution in [-0.2, 0) is 6.54 Å². The van der Waals surface area contributed by atoms with Crippen molar-refractivity contribution in [3.05, 3.63) is 57.5 Å². The van der Waals surface area contributed by atoms with Crippen LogP contribution in [0.5, 0.6) is 5.75 Å². The topological polar surface area (TPSA) is 84.1 Å². The Bertz CT molecular complexity index is 702. The molecule has 0 bridgehead atoms. The lowest BCUT2D eigenvalue weighted by Crippen LogP contribution is -2.25. The van der Waals surface area contributed by atoms with E-state index < -0.39 is 0 Å². The molecule has 0 aliphatic rings. The summed E-state index contributed by atoms with van der Waals surface area (Å²) in [5, 5.41) is 8.67. The van der Waals surface area contributed by atoms with E-state index in [0.29, 0.717) is 6.54 Å². The zero-order valence-corrected chi connectivity index (χ0v) is 12.8. The number of aromatic amines is 1. The second kappa shape index (κ2) is 6.89. The second-order valence-corrected chi connectivity index (χ2v) is 5.26. The third-order valence-electron chi connectivity index (χ3n) is 2.97. The first-order valence-electron chi connectivity index (χ1n) is 7.06. The van der Waals surface area contributed by atoms with Crippen molar-refractivity contribution in [2.24, 2.45) is 0 Å². The van der Waals surface area contributed by atoms with Gasteiger partial charge in [0, 0.05) is 12.6 Å². The van der Waals surface area contributed by atoms with Crippen molar-refractivity contribution in [3.63, 3.8) is 0 Å². The molecule has 1 amide bonds. The van der Waals surface area contributed by atoms with Crippen LogP contribution in [0.2, 0.25) is 0 Å². The molecule has 0 saturated heterocycles. The van der Waals surface area contributed by atoms with Crippen LogP contribution in [0.25, 0.3) is 0 Å². The molecule has 22 heavy (non-hydrogen) atoms. The standard InChI is InChI=1S/C16H19N3O3/c1-10(2)22-14-6-4-12(8-11(14)3)9-17-16(21)13-5-7-15(20)19-18-13/h4-8,10H,9H2,1-3H3,(H,17,21)(H,19,20). The van der Waals surface area contributed by atoms with Gasteiger partial charge in [0.2, 0.25) is 0 Å². The smallest absolute Gasteiger partial charge is 0.271 e. The van der Waals surface area contributed by atoms with Crippen LogP contribution in [0.3, 0.4) is 0 Å². The highest BCUT2D eigenvalue weighted by molar-refractivity contribution is 5.91. The Morgan fingerprint density at radius 1 is 1.32 bits per heavy atom. The van der Waals surface area contributed by atoms with E-state index in [-0.39, 0.29) is 23.3 Å². The SMILES string of the molecule is Cc1cc(CNC(=O)c2ccc(=O)[nH]n2)ccc1OC(C)C. The van der Waals surface area contributed by atoms with Crippen LogP contribution in [0.15, 0.2) is 35.1 Å². The molecule has 116 valence electrons. The summed E-state index contributed by atoms with van der Waals surface area (Å²) in [5.41, 5.74) is 1.82. The molecule has 6 nitrogen and oxygen atoms in total. The van der Waals surface area contributed by atoms with Crippen molar-refractivity contribution >= 4 is 5.91 Å². The van der Waals surface area contributed by atoms with Gasteiger partial charge >= 0.3 is 0 Å². The Labute approximate surface area is 128 Å². The maximum Gasteiger partial charge on any atom is 0.271 e. The Balaban J connectivity index is 1.99. The number of hydrogen-bond donors (Lipinski definition) is 2. The van der Waals surface area contributed by atoms with Gasteiger partial charge in [-0.2, -0.15) is 5.10 Å². The monoisotopic (exact) mass is 301 g/mol. The number of aryl methyl sites for hydroxylation is 1. The Kier molecular flexibility index (Phi) is 4.93. The summed E-state index contributed by atoms with van der Waals surface area (Å²) < 4.78 is 5.68. The van der Waals surface area contributed by atoms with Crippen LogP contribution < -0.4 is 15.6 Å². The van der Waals surface area contributed by atoms with Crippen LogP contribution in [-0.4, -0.2) is 22.2 Å². The Morgan fingerprint density at radius 3 is 2.68 bits per heavy atom. The molecule has 0 aliphatic carbocycles. The fourth-order valence-electron chi connectivity index (χ4n) is 1.95. The molecule has 2 aromatic rings. The van der Waals surface area contributed by atoms with Crippen molar-refractivity contribution in [2.45, 2.75) is 33.4 Å². The lowest BCUT2D eigenvalue weighted by Gasteiger charge is -2.13. The zero-order valence-electron chi connectivity index (χ0n) is 12.8. The number of ether oxygens (including phenoxy) is 1. The Morgan fingerprint density at radius 2 is 2.09 bits per heavy atom. The van der Waals surface area contributed by atoms with Crippen molar-refractivity contribution in [1.82, 2.24) is 15.5 Å². The highest BCUT2D eigenvalue weighted by Gasteiger charge is 2.08. The fourth-order valence-corrected chi connectivity index (χ4v) is 1.95. The molecule has 0 fully saturated rings. The maximum atomic E-state index is 11.9. The molecule has 0 unspecified atom stereocenters. The third kappa shape index (κ3) is 4.18. The number of nitrogens with zero attached hydrogens (tertiary/aromatic N) is 1. The van der Waals surface area contributed by atoms with Gasteiger partial charge in [0.05, 0.1) is 6.10 Å². The first kappa shape index (κ1) is 15.8. The van der Waals surface area contributed by atoms with Gasteiger partial charge in [-0.15, -0.1) is 0 Å². The van der Waals surface area contributed by atoms with E-state index in [4.69, 9.17) is 4.74 Å². The van der Waals surface area contributed by atoms with Gasteiger partial charge < -0.3 is 10.1 Å². The van der Waals surface area contributed by atoms with Gasteiger partial charge in [-0.3, -0.25) is 9.59 Å². The van der Waals surface area contributed by atoms with E-state index in [1.165, 1.54) is 12.1 Å². The van der Waals surface area contributed by atoms with Gasteiger partial charge in [0.15, 0.2) is 0 Å². The molecular weight excluding hydrogens is 282 g/mol. The summed E-state index contributed by atoms with van der Waals surface area (Å²) in [6, 6.07) is 8.43. The van der Waals surface area contributed by atoms with Crippen LogP contribution >= 0.6 is 0 Å². The lowest BCUT2D eigenvalue weighted by atomic mass is 10.1. The predicted molar refractivity (Wildman–Crippen MR) is 83.0 cm³/mol. The number of hydrogen-bond acceptors (Lipinski definition) is 4. The van der Waals surface area contributed by atoms with Gasteiger partial charge in [-0.25, -0.2) is 5.10 Å². The van der Waals surface area contributed by atoms with E-state index in [0.717, 1.165) is 16.9 Å². The summed E-state index contributed by atoms with van der Waals surface area (Å²) in [6.45, 7) is 6.30. The molecule has 1 aromatic carbocycles. The van der Waals surface area contributed by atoms with E-state index in [1.807, 2.05) is 39.0 Å². The minimum atomic E-state index is -0.340. The number of carbonyl (C=O) groups excluding carboxylic acids is 1. The summed E-state index contributed by atoms with van der Waals surface area (Å²) in [6.07, 6.45) is 0.121. The molecule has 0 aliphatic heterocycles. The average molecular weight is 301 g/mol. The fraction of sp³-hybridized carbons (Fsp3) is 0.312. The lowest BCUT2D eigenvalue weighted by molar-refractivity contribution is 0.0945. The van der Waals surface area contributed by atoms with Crippen LogP contribution in [0.4, 0.5) is 0 Å². The molecule has 0 radical (unpaired) electrons. The van der Waals surface area contributed by atoms with Crippen molar-refractivity contribution in [1.29, 1.82) is 0 Å². The van der Waals surface area contributed by atoms with Gasteiger partial charge in [-0.1, -0.05) is 12.1 Å². The molecular formula is C16H19N3O3. The van der Waals surface area contributed by atoms with Gasteiger partial charge in [0.25, 0.3) is 11.5 Å². The molecule has 1 aromatic heterocycles. The van der Waals surface area contributed by atoms with Gasteiger partial charge in [0.1, 0.15) is 11.4 Å². The normalized spacial score (nSPS) is 10.5. The number of nitrogens with one attached hydrogen (secondary N) is 2. The quantitative estimate of drug-likeness (QED) is 0.882. The van der Waals surface area contributed by atoms with Crippen molar-refractivity contribution < 1.29 is 9.53 Å². The molecule has 2 rings (SSSR count). The summed E-state index contributed by atoms with van der Waals surface area (Å²) in [7, 11) is 0. The molecule has 6 heteroatoms. The van der Waals surface area contributed by atoms with E-state index in [1.54, 1.807) is 0 Å². The number of carbonyl (C=O) groups is 1. The number of H-pyrrole nitrogens is 1. The first-order chi connectivity index (χ1) is 10.5. The largest absolute Gasteiger partial charge is 0.491 e. The highest BCUT2D eigenvalue weighted by Crippen LogP contribution is 2.20. The number of amides is 1. The summed E-state index contributed by atoms with van der Waals surface area (Å²) in [5.74, 6) is 0.504. The number of aromatic nitrogens is 2. The average Bonchev–Trinajstić information content (AvgIpc) is 2.47. The minimum Gasteiger partial charge on any atom is -0.491 e. The zero-order chi connectivity index (χ0) is 16.1. The van der Waals surface area contributed by atoms with Crippen LogP contribution in [0, 0.1) is 6.92 Å². The maximum absolute atomic E-state index is 11.9. The van der Waals surface area contributed by atoms with Gasteiger partial charge in [-0.05, 0) is 44.0 Å². The first-order valence-corrected chi connectivity index (χ1v) is 7.06. The number of rotatable bonds is 5. The minimum absolute atomic E-state index is 0.121. The molecule has 1 heterocycles. The highest BCUT2D eigenvalue weighted by atomic mass is 16.5. The molecule has 0 atom stereocenters. The molecule has 0 saturated carbocycles. The van der Waals surface area contributed by atoms with Crippen molar-refractivity contribution in [2.75, 3.05) is 0 Å². The Hall–Kier alpha value is -2.63. The third-order valence-corrected chi connectivity index (χ3v) is 2.97. The molecule has 0 spiro atoms. The van der Waals surface area contributed by atoms with Crippen LogP contribution in [0.1, 0.15) is 35.5 Å². The summed E-state index contributed by atoms with van der Waals surface area (Å²) >= 11 is 0. The number of benzene rings is 1. The van der Waals surface area contributed by atoms with E-state index >= 15 is 0 Å². The van der Waals surface area contributed by atoms with E-state index in [2.05, 4.69) is 15.5 Å². The molecule has 2 N–H and O–H groups in total. The van der Waals surface area contributed by atoms with E-state index in [9.17, 15) is 9.59 Å². The summed E-state index contributed by atoms with van der Waals surface area (Å²) in [4.78, 5) is 22.8. The van der Waals surface area contributed by atoms with Crippen molar-refractivity contribution in [3.8, 4) is 5.75 Å². The predicted octanol–water partition coefficient (Wildman–Crippen LogP) is 1.80.